The van der Waals surface area contributed by atoms with Crippen LogP contribution in [0.4, 0.5) is 0 Å². The summed E-state index contributed by atoms with van der Waals surface area (Å²) in [4.78, 5) is 0. The molecule has 5 atom stereocenters. The third kappa shape index (κ3) is 2.78. The van der Waals surface area contributed by atoms with Gasteiger partial charge in [0, 0.05) is 0 Å². The number of fused-ring (bicyclic) bond motifs is 1. The van der Waals surface area contributed by atoms with Crippen molar-refractivity contribution in [1.29, 1.82) is 0 Å². The predicted octanol–water partition coefficient (Wildman–Crippen LogP) is 3.95. The van der Waals surface area contributed by atoms with Gasteiger partial charge in [-0.15, -0.1) is 0 Å². The van der Waals surface area contributed by atoms with E-state index in [0.29, 0.717) is 11.8 Å². The molecule has 0 amide bonds. The van der Waals surface area contributed by atoms with Gasteiger partial charge in [-0.25, -0.2) is 0 Å². The molecule has 128 valence electrons. The van der Waals surface area contributed by atoms with Gasteiger partial charge in [-0.3, -0.25) is 0 Å². The number of hydrogen-bond donors (Lipinski definition) is 2. The molecule has 0 bridgehead atoms. The molecule has 1 saturated carbocycles. The highest BCUT2D eigenvalue weighted by Gasteiger charge is 2.54. The van der Waals surface area contributed by atoms with Gasteiger partial charge in [0.05, 0.1) is 25.2 Å². The second kappa shape index (κ2) is 6.10. The molecule has 0 aliphatic heterocycles. The average molecular weight is 318 g/mol. The van der Waals surface area contributed by atoms with Gasteiger partial charge in [-0.05, 0) is 72.0 Å². The maximum atomic E-state index is 10.3. The van der Waals surface area contributed by atoms with E-state index in [2.05, 4.69) is 20.8 Å². The fraction of sp³-hybridized carbons (Fsp3) is 0.700. The molecule has 2 aliphatic rings. The first-order valence-corrected chi connectivity index (χ1v) is 8.91. The van der Waals surface area contributed by atoms with Gasteiger partial charge >= 0.3 is 0 Å². The van der Waals surface area contributed by atoms with Gasteiger partial charge < -0.3 is 14.6 Å². The van der Waals surface area contributed by atoms with Gasteiger partial charge in [0.2, 0.25) is 0 Å². The second-order valence-corrected chi connectivity index (χ2v) is 8.20. The second-order valence-electron chi connectivity index (χ2n) is 8.20. The average Bonchev–Trinajstić information content (AvgIpc) is 3.04. The minimum Gasteiger partial charge on any atom is -0.472 e. The molecule has 23 heavy (non-hydrogen) atoms. The van der Waals surface area contributed by atoms with Crippen molar-refractivity contribution in [2.24, 2.45) is 22.7 Å². The zero-order valence-electron chi connectivity index (χ0n) is 14.6. The summed E-state index contributed by atoms with van der Waals surface area (Å²) in [6.07, 6.45) is 10.3. The van der Waals surface area contributed by atoms with Crippen LogP contribution in [-0.2, 0) is 6.42 Å². The number of aryl methyl sites for hydroxylation is 1. The van der Waals surface area contributed by atoms with E-state index in [1.54, 1.807) is 6.26 Å². The van der Waals surface area contributed by atoms with Crippen LogP contribution in [0.1, 0.15) is 52.0 Å². The SMILES string of the molecule is CC1CCC2(C)C(CO)=CC(O)CC2C1(C)CCc1ccoc1. The molecule has 0 aromatic carbocycles. The van der Waals surface area contributed by atoms with Crippen LogP contribution < -0.4 is 0 Å². The van der Waals surface area contributed by atoms with Gasteiger partial charge in [0.15, 0.2) is 0 Å². The van der Waals surface area contributed by atoms with Crippen LogP contribution in [-0.4, -0.2) is 22.9 Å². The van der Waals surface area contributed by atoms with E-state index < -0.39 is 6.10 Å². The lowest BCUT2D eigenvalue weighted by molar-refractivity contribution is -0.0689. The molecule has 2 N–H and O–H groups in total. The van der Waals surface area contributed by atoms with Gasteiger partial charge in [0.25, 0.3) is 0 Å². The summed E-state index contributed by atoms with van der Waals surface area (Å²) in [5, 5.41) is 20.2. The molecular formula is C20H30O3. The molecule has 3 nitrogen and oxygen atoms in total. The Morgan fingerprint density at radius 1 is 1.35 bits per heavy atom. The van der Waals surface area contributed by atoms with Crippen LogP contribution in [0.15, 0.2) is 34.7 Å². The first-order valence-electron chi connectivity index (χ1n) is 8.91. The summed E-state index contributed by atoms with van der Waals surface area (Å²) in [5.41, 5.74) is 2.48. The van der Waals surface area contributed by atoms with E-state index in [0.717, 1.165) is 31.3 Å². The Morgan fingerprint density at radius 2 is 2.13 bits per heavy atom. The molecule has 1 heterocycles. The van der Waals surface area contributed by atoms with Crippen molar-refractivity contribution >= 4 is 0 Å². The van der Waals surface area contributed by atoms with Crippen LogP contribution in [0.2, 0.25) is 0 Å². The minimum atomic E-state index is -0.422. The molecular weight excluding hydrogens is 288 g/mol. The van der Waals surface area contributed by atoms with Crippen LogP contribution in [0, 0.1) is 22.7 Å². The fourth-order valence-electron chi connectivity index (χ4n) is 5.24. The highest BCUT2D eigenvalue weighted by molar-refractivity contribution is 5.25. The molecule has 0 saturated heterocycles. The molecule has 3 rings (SSSR count). The third-order valence-corrected chi connectivity index (χ3v) is 7.09. The highest BCUT2D eigenvalue weighted by Crippen LogP contribution is 2.61. The van der Waals surface area contributed by atoms with Crippen LogP contribution in [0.5, 0.6) is 0 Å². The van der Waals surface area contributed by atoms with Crippen molar-refractivity contribution in [2.75, 3.05) is 6.61 Å². The van der Waals surface area contributed by atoms with Crippen molar-refractivity contribution in [3.05, 3.63) is 35.8 Å². The quantitative estimate of drug-likeness (QED) is 0.826. The maximum Gasteiger partial charge on any atom is 0.0934 e. The minimum absolute atomic E-state index is 0.0195. The summed E-state index contributed by atoms with van der Waals surface area (Å²) in [6.45, 7) is 7.12. The Bertz CT molecular complexity index is 561. The molecule has 2 aliphatic carbocycles. The van der Waals surface area contributed by atoms with E-state index in [9.17, 15) is 10.2 Å². The van der Waals surface area contributed by atoms with E-state index in [1.165, 1.54) is 12.0 Å². The van der Waals surface area contributed by atoms with Crippen LogP contribution in [0.3, 0.4) is 0 Å². The Morgan fingerprint density at radius 3 is 2.78 bits per heavy atom. The molecule has 0 spiro atoms. The largest absolute Gasteiger partial charge is 0.472 e. The smallest absolute Gasteiger partial charge is 0.0934 e. The number of aliphatic hydroxyl groups excluding tert-OH is 2. The van der Waals surface area contributed by atoms with Crippen LogP contribution in [0.25, 0.3) is 0 Å². The first-order chi connectivity index (χ1) is 10.9. The summed E-state index contributed by atoms with van der Waals surface area (Å²) >= 11 is 0. The van der Waals surface area contributed by atoms with Crippen molar-refractivity contribution in [3.63, 3.8) is 0 Å². The predicted molar refractivity (Wildman–Crippen MR) is 90.9 cm³/mol. The summed E-state index contributed by atoms with van der Waals surface area (Å²) in [6, 6.07) is 2.05. The molecule has 5 unspecified atom stereocenters. The Hall–Kier alpha value is -1.06. The molecule has 3 heteroatoms. The number of aliphatic hydroxyl groups is 2. The lowest BCUT2D eigenvalue weighted by Crippen LogP contribution is -2.52. The Labute approximate surface area is 139 Å². The van der Waals surface area contributed by atoms with Gasteiger partial charge in [-0.2, -0.15) is 0 Å². The zero-order valence-corrected chi connectivity index (χ0v) is 14.6. The maximum absolute atomic E-state index is 10.3. The highest BCUT2D eigenvalue weighted by atomic mass is 16.3. The van der Waals surface area contributed by atoms with Crippen molar-refractivity contribution in [3.8, 4) is 0 Å². The summed E-state index contributed by atoms with van der Waals surface area (Å²) in [7, 11) is 0. The Balaban J connectivity index is 1.90. The van der Waals surface area contributed by atoms with E-state index in [4.69, 9.17) is 4.42 Å². The molecule has 0 radical (unpaired) electrons. The van der Waals surface area contributed by atoms with Crippen molar-refractivity contribution < 1.29 is 14.6 Å². The van der Waals surface area contributed by atoms with E-state index >= 15 is 0 Å². The summed E-state index contributed by atoms with van der Waals surface area (Å²) < 4.78 is 5.21. The van der Waals surface area contributed by atoms with Crippen LogP contribution >= 0.6 is 0 Å². The third-order valence-electron chi connectivity index (χ3n) is 7.09. The molecule has 1 aromatic heterocycles. The van der Waals surface area contributed by atoms with Gasteiger partial charge in [0.1, 0.15) is 0 Å². The molecule has 1 aromatic rings. The molecule has 1 fully saturated rings. The standard InChI is InChI=1S/C20H30O3/c1-14-4-7-20(3)16(12-21)10-17(22)11-18(20)19(14,2)8-5-15-6-9-23-13-15/h6,9-10,13-14,17-18,21-22H,4-5,7-8,11-12H2,1-3H3. The lowest BCUT2D eigenvalue weighted by Gasteiger charge is -2.58. The summed E-state index contributed by atoms with van der Waals surface area (Å²) in [5.74, 6) is 1.03. The van der Waals surface area contributed by atoms with Crippen molar-refractivity contribution in [2.45, 2.75) is 59.0 Å². The number of furan rings is 1. The normalized spacial score (nSPS) is 40.6. The topological polar surface area (TPSA) is 53.6 Å². The fourth-order valence-corrected chi connectivity index (χ4v) is 5.24. The van der Waals surface area contributed by atoms with E-state index in [-0.39, 0.29) is 17.4 Å². The van der Waals surface area contributed by atoms with E-state index in [1.807, 2.05) is 18.4 Å². The lowest BCUT2D eigenvalue weighted by atomic mass is 9.46. The first kappa shape index (κ1) is 16.8. The monoisotopic (exact) mass is 318 g/mol. The van der Waals surface area contributed by atoms with Gasteiger partial charge in [-0.1, -0.05) is 26.8 Å². The Kier molecular flexibility index (Phi) is 4.45. The number of hydrogen-bond acceptors (Lipinski definition) is 3. The number of rotatable bonds is 4. The van der Waals surface area contributed by atoms with Crippen molar-refractivity contribution in [1.82, 2.24) is 0 Å². The zero-order chi connectivity index (χ0) is 16.7.